The number of carboxylic acids is 1. The largest absolute Gasteiger partial charge is 1.00 e. The van der Waals surface area contributed by atoms with E-state index in [0.717, 1.165) is 0 Å². The molecule has 0 bridgehead atoms. The number of benzene rings is 2. The number of nitrogens with one attached hydrogen (secondary N) is 1. The molecule has 30 heavy (non-hydrogen) atoms. The van der Waals surface area contributed by atoms with Crippen molar-refractivity contribution in [1.82, 2.24) is 4.98 Å². The van der Waals surface area contributed by atoms with Gasteiger partial charge < -0.3 is 24.4 Å². The number of anilines is 1. The zero-order chi connectivity index (χ0) is 20.7. The number of hydrogen-bond acceptors (Lipinski definition) is 6. The van der Waals surface area contributed by atoms with Crippen molar-refractivity contribution < 1.29 is 53.4 Å². The number of nitrogens with zero attached hydrogens (tertiary/aromatic N) is 1. The summed E-state index contributed by atoms with van der Waals surface area (Å²) in [5.41, 5.74) is 1.08. The Morgan fingerprint density at radius 3 is 2.47 bits per heavy atom. The molecule has 4 rings (SSSR count). The summed E-state index contributed by atoms with van der Waals surface area (Å²) < 4.78 is 11.1. The summed E-state index contributed by atoms with van der Waals surface area (Å²) in [6.45, 7) is 0. The fourth-order valence-corrected chi connectivity index (χ4v) is 3.50. The van der Waals surface area contributed by atoms with Crippen molar-refractivity contribution >= 4 is 62.7 Å². The molecule has 0 aliphatic carbocycles. The number of fused-ring (bicyclic) bond motifs is 3. The third-order valence-corrected chi connectivity index (χ3v) is 4.95. The topological polar surface area (TPSA) is 104 Å². The molecule has 0 aliphatic heterocycles. The van der Waals surface area contributed by atoms with Crippen LogP contribution in [0.4, 0.5) is 5.69 Å². The van der Waals surface area contributed by atoms with E-state index in [9.17, 15) is 14.7 Å². The van der Waals surface area contributed by atoms with E-state index in [1.165, 1.54) is 37.7 Å². The number of ether oxygens (including phenoxy) is 1. The van der Waals surface area contributed by atoms with Gasteiger partial charge in [-0.25, -0.2) is 0 Å². The van der Waals surface area contributed by atoms with Crippen molar-refractivity contribution in [1.29, 1.82) is 0 Å². The average molecular weight is 453 g/mol. The van der Waals surface area contributed by atoms with Crippen molar-refractivity contribution in [3.63, 3.8) is 0 Å². The number of hydrogen-bond donors (Lipinski definition) is 1. The number of aromatic carboxylic acids is 1. The van der Waals surface area contributed by atoms with E-state index in [1.54, 1.807) is 12.1 Å². The molecule has 0 unspecified atom stereocenters. The Bertz CT molecular complexity index is 1290. The van der Waals surface area contributed by atoms with E-state index in [4.69, 9.17) is 32.4 Å². The van der Waals surface area contributed by atoms with E-state index < -0.39 is 11.9 Å². The van der Waals surface area contributed by atoms with Crippen molar-refractivity contribution in [2.24, 2.45) is 0 Å². The number of carboxylic acid groups (broad SMARTS) is 1. The summed E-state index contributed by atoms with van der Waals surface area (Å²) >= 11 is 12.2. The quantitative estimate of drug-likeness (QED) is 0.461. The number of amides is 1. The summed E-state index contributed by atoms with van der Waals surface area (Å²) in [4.78, 5) is 28.2. The second-order valence-electron chi connectivity index (χ2n) is 6.05. The molecule has 10 heteroatoms. The SMILES string of the molecule is COc1ccc(C(=O)Nc2c(Cl)cncc2Cl)c2c1oc1ccc(C(=O)[O-])cc12.[Na+]. The summed E-state index contributed by atoms with van der Waals surface area (Å²) in [7, 11) is 1.46. The standard InChI is InChI=1S/C20H12Cl2N2O5.Na/c1-28-15-5-3-10(19(25)24-17-12(21)7-23-8-13(17)22)16-11-6-9(20(26)27)2-4-14(11)29-18(15)16;/h2-8H,1H3,(H,26,27)(H,23,24,25);/q;+1/p-1. The third-order valence-electron chi connectivity index (χ3n) is 4.37. The van der Waals surface area contributed by atoms with Gasteiger partial charge in [-0.05, 0) is 35.9 Å². The number of carbonyl (C=O) groups excluding carboxylic acids is 2. The van der Waals surface area contributed by atoms with Gasteiger partial charge >= 0.3 is 29.6 Å². The summed E-state index contributed by atoms with van der Waals surface area (Å²) in [5.74, 6) is -1.47. The van der Waals surface area contributed by atoms with E-state index in [2.05, 4.69) is 10.3 Å². The first-order valence-corrected chi connectivity index (χ1v) is 9.01. The first kappa shape index (κ1) is 22.4. The molecule has 1 N–H and O–H groups in total. The molecule has 0 saturated carbocycles. The van der Waals surface area contributed by atoms with Crippen LogP contribution < -0.4 is 44.7 Å². The molecule has 2 aromatic carbocycles. The summed E-state index contributed by atoms with van der Waals surface area (Å²) in [6, 6.07) is 7.37. The molecule has 7 nitrogen and oxygen atoms in total. The molecule has 1 amide bonds. The maximum absolute atomic E-state index is 13.0. The van der Waals surface area contributed by atoms with Gasteiger partial charge in [0.15, 0.2) is 11.3 Å². The van der Waals surface area contributed by atoms with E-state index in [1.807, 2.05) is 0 Å². The van der Waals surface area contributed by atoms with Crippen LogP contribution in [-0.4, -0.2) is 24.0 Å². The number of methoxy groups -OCH3 is 1. The van der Waals surface area contributed by atoms with Crippen molar-refractivity contribution in [2.75, 3.05) is 12.4 Å². The Balaban J connectivity index is 0.00000256. The van der Waals surface area contributed by atoms with Crippen LogP contribution in [0.15, 0.2) is 47.1 Å². The third kappa shape index (κ3) is 3.87. The molecule has 2 aromatic heterocycles. The predicted octanol–water partition coefficient (Wildman–Crippen LogP) is 0.916. The molecule has 146 valence electrons. The zero-order valence-electron chi connectivity index (χ0n) is 15.8. The van der Waals surface area contributed by atoms with E-state index in [0.29, 0.717) is 27.7 Å². The molecule has 2 heterocycles. The first-order valence-electron chi connectivity index (χ1n) is 8.25. The van der Waals surface area contributed by atoms with Gasteiger partial charge in [0.25, 0.3) is 5.91 Å². The zero-order valence-corrected chi connectivity index (χ0v) is 19.3. The van der Waals surface area contributed by atoms with Crippen molar-refractivity contribution in [2.45, 2.75) is 0 Å². The fraction of sp³-hybridized carbons (Fsp3) is 0.0500. The predicted molar refractivity (Wildman–Crippen MR) is 107 cm³/mol. The van der Waals surface area contributed by atoms with Gasteiger partial charge in [0.2, 0.25) is 0 Å². The minimum atomic E-state index is -1.34. The average Bonchev–Trinajstić information content (AvgIpc) is 3.08. The van der Waals surface area contributed by atoms with Gasteiger partial charge in [-0.2, -0.15) is 0 Å². The molecular weight excluding hydrogens is 442 g/mol. The van der Waals surface area contributed by atoms with Crippen molar-refractivity contribution in [3.8, 4) is 5.75 Å². The van der Waals surface area contributed by atoms with Gasteiger partial charge in [0.05, 0.1) is 34.4 Å². The normalized spacial score (nSPS) is 10.6. The summed E-state index contributed by atoms with van der Waals surface area (Å²) in [6.07, 6.45) is 2.71. The van der Waals surface area contributed by atoms with Gasteiger partial charge in [-0.3, -0.25) is 9.78 Å². The maximum Gasteiger partial charge on any atom is 1.00 e. The van der Waals surface area contributed by atoms with E-state index in [-0.39, 0.29) is 56.4 Å². The Kier molecular flexibility index (Phi) is 6.59. The Hall–Kier alpha value is -2.29. The van der Waals surface area contributed by atoms with Crippen LogP contribution in [0.1, 0.15) is 20.7 Å². The molecule has 0 atom stereocenters. The van der Waals surface area contributed by atoms with Crippen LogP contribution in [0.3, 0.4) is 0 Å². The smallest absolute Gasteiger partial charge is 0.545 e. The Morgan fingerprint density at radius 1 is 1.13 bits per heavy atom. The minimum absolute atomic E-state index is 0. The number of pyridine rings is 1. The number of furan rings is 1. The van der Waals surface area contributed by atoms with Crippen LogP contribution >= 0.6 is 23.2 Å². The second kappa shape index (κ2) is 8.83. The van der Waals surface area contributed by atoms with Gasteiger partial charge in [-0.15, -0.1) is 0 Å². The fourth-order valence-electron chi connectivity index (χ4n) is 3.05. The molecule has 0 fully saturated rings. The van der Waals surface area contributed by atoms with Crippen LogP contribution in [0.5, 0.6) is 5.75 Å². The van der Waals surface area contributed by atoms with Crippen LogP contribution in [0, 0.1) is 0 Å². The summed E-state index contributed by atoms with van der Waals surface area (Å²) in [5, 5.41) is 15.1. The van der Waals surface area contributed by atoms with Gasteiger partial charge in [-0.1, -0.05) is 23.2 Å². The molecule has 0 spiro atoms. The molecule has 0 aliphatic rings. The molecule has 0 saturated heterocycles. The number of rotatable bonds is 4. The van der Waals surface area contributed by atoms with E-state index >= 15 is 0 Å². The van der Waals surface area contributed by atoms with Gasteiger partial charge in [0.1, 0.15) is 5.58 Å². The monoisotopic (exact) mass is 452 g/mol. The van der Waals surface area contributed by atoms with Gasteiger partial charge in [0, 0.05) is 23.2 Å². The number of carbonyl (C=O) groups is 2. The first-order chi connectivity index (χ1) is 13.9. The molecular formula is C20H11Cl2N2NaO5. The van der Waals surface area contributed by atoms with Crippen molar-refractivity contribution in [3.05, 3.63) is 63.9 Å². The number of aromatic nitrogens is 1. The minimum Gasteiger partial charge on any atom is -0.545 e. The van der Waals surface area contributed by atoms with Crippen LogP contribution in [0.2, 0.25) is 10.0 Å². The molecule has 0 radical (unpaired) electrons. The molecule has 4 aromatic rings. The van der Waals surface area contributed by atoms with Crippen LogP contribution in [0.25, 0.3) is 21.9 Å². The Morgan fingerprint density at radius 2 is 1.83 bits per heavy atom. The maximum atomic E-state index is 13.0. The Labute approximate surface area is 202 Å². The van der Waals surface area contributed by atoms with Crippen LogP contribution in [-0.2, 0) is 0 Å². The second-order valence-corrected chi connectivity index (χ2v) is 6.87. The number of halogens is 2.